The van der Waals surface area contributed by atoms with Crippen LogP contribution in [0.2, 0.25) is 0 Å². The maximum absolute atomic E-state index is 12.0. The van der Waals surface area contributed by atoms with Gasteiger partial charge in [-0.15, -0.1) is 0 Å². The third kappa shape index (κ3) is 2.55. The smallest absolute Gasteiger partial charge is 0.329 e. The average molecular weight is 237 g/mol. The molecule has 92 valence electrons. The minimum Gasteiger partial charge on any atom is -0.508 e. The first-order chi connectivity index (χ1) is 7.76. The third-order valence-electron chi connectivity index (χ3n) is 2.76. The van der Waals surface area contributed by atoms with Gasteiger partial charge in [-0.1, -0.05) is 6.07 Å². The van der Waals surface area contributed by atoms with Crippen molar-refractivity contribution < 1.29 is 19.8 Å². The van der Waals surface area contributed by atoms with Crippen molar-refractivity contribution in [3.05, 3.63) is 29.8 Å². The van der Waals surface area contributed by atoms with E-state index in [0.717, 1.165) is 4.90 Å². The quantitative estimate of drug-likeness (QED) is 0.831. The van der Waals surface area contributed by atoms with Crippen LogP contribution in [-0.2, 0) is 4.79 Å². The fourth-order valence-corrected chi connectivity index (χ4v) is 1.23. The molecule has 2 N–H and O–H groups in total. The lowest BCUT2D eigenvalue weighted by Crippen LogP contribution is -2.50. The summed E-state index contributed by atoms with van der Waals surface area (Å²) in [4.78, 5) is 24.2. The van der Waals surface area contributed by atoms with Crippen LogP contribution in [0.1, 0.15) is 24.2 Å². The Labute approximate surface area is 99.3 Å². The second-order valence-corrected chi connectivity index (χ2v) is 4.28. The fourth-order valence-electron chi connectivity index (χ4n) is 1.23. The number of hydrogen-bond donors (Lipinski definition) is 2. The van der Waals surface area contributed by atoms with Crippen LogP contribution in [0, 0.1) is 0 Å². The number of carbonyl (C=O) groups excluding carboxylic acids is 1. The minimum atomic E-state index is -1.30. The number of phenols is 1. The number of carboxylic acids is 1. The van der Waals surface area contributed by atoms with E-state index in [9.17, 15) is 14.7 Å². The largest absolute Gasteiger partial charge is 0.508 e. The summed E-state index contributed by atoms with van der Waals surface area (Å²) in [5.41, 5.74) is -1.05. The third-order valence-corrected chi connectivity index (χ3v) is 2.76. The molecule has 1 rings (SSSR count). The normalized spacial score (nSPS) is 11.0. The molecule has 1 aromatic rings. The zero-order valence-corrected chi connectivity index (χ0v) is 9.97. The van der Waals surface area contributed by atoms with Crippen molar-refractivity contribution >= 4 is 11.9 Å². The first-order valence-corrected chi connectivity index (χ1v) is 5.07. The molecular weight excluding hydrogens is 222 g/mol. The molecule has 17 heavy (non-hydrogen) atoms. The van der Waals surface area contributed by atoms with Crippen LogP contribution < -0.4 is 0 Å². The number of hydrogen-bond acceptors (Lipinski definition) is 3. The Balaban J connectivity index is 3.02. The van der Waals surface area contributed by atoms with E-state index >= 15 is 0 Å². The van der Waals surface area contributed by atoms with Gasteiger partial charge >= 0.3 is 5.97 Å². The molecule has 0 heterocycles. The first-order valence-electron chi connectivity index (χ1n) is 5.07. The van der Waals surface area contributed by atoms with Crippen molar-refractivity contribution in [3.8, 4) is 5.75 Å². The summed E-state index contributed by atoms with van der Waals surface area (Å²) in [5, 5.41) is 18.3. The number of amides is 1. The molecule has 0 spiro atoms. The predicted molar refractivity (Wildman–Crippen MR) is 61.9 cm³/mol. The van der Waals surface area contributed by atoms with Gasteiger partial charge in [-0.05, 0) is 32.0 Å². The highest BCUT2D eigenvalue weighted by Gasteiger charge is 2.35. The maximum Gasteiger partial charge on any atom is 0.329 e. The fraction of sp³-hybridized carbons (Fsp3) is 0.333. The molecule has 0 radical (unpaired) electrons. The lowest BCUT2D eigenvalue weighted by Gasteiger charge is -2.31. The standard InChI is InChI=1S/C12H15NO4/c1-12(2,11(16)17)13(3)10(15)8-5-4-6-9(14)7-8/h4-7,14H,1-3H3,(H,16,17). The van der Waals surface area contributed by atoms with E-state index in [1.54, 1.807) is 0 Å². The molecule has 0 aliphatic rings. The van der Waals surface area contributed by atoms with Gasteiger partial charge in [-0.3, -0.25) is 4.79 Å². The number of aromatic hydroxyl groups is 1. The summed E-state index contributed by atoms with van der Waals surface area (Å²) in [6, 6.07) is 5.80. The van der Waals surface area contributed by atoms with Crippen molar-refractivity contribution in [3.63, 3.8) is 0 Å². The van der Waals surface area contributed by atoms with Crippen molar-refractivity contribution in [2.24, 2.45) is 0 Å². The van der Waals surface area contributed by atoms with Gasteiger partial charge in [0.2, 0.25) is 0 Å². The van der Waals surface area contributed by atoms with Crippen LogP contribution in [0.5, 0.6) is 5.75 Å². The predicted octanol–water partition coefficient (Wildman–Crippen LogP) is 1.33. The molecule has 0 bridgehead atoms. The van der Waals surface area contributed by atoms with E-state index in [1.165, 1.54) is 45.2 Å². The van der Waals surface area contributed by atoms with E-state index in [1.807, 2.05) is 0 Å². The van der Waals surface area contributed by atoms with Crippen molar-refractivity contribution in [2.75, 3.05) is 7.05 Å². The molecule has 0 unspecified atom stereocenters. The Morgan fingerprint density at radius 3 is 2.35 bits per heavy atom. The Kier molecular flexibility index (Phi) is 3.41. The number of likely N-dealkylation sites (N-methyl/N-ethyl adjacent to an activating group) is 1. The van der Waals surface area contributed by atoms with Gasteiger partial charge < -0.3 is 15.1 Å². The molecule has 0 saturated carbocycles. The van der Waals surface area contributed by atoms with Crippen molar-refractivity contribution in [1.29, 1.82) is 0 Å². The van der Waals surface area contributed by atoms with Gasteiger partial charge in [-0.25, -0.2) is 4.79 Å². The Hall–Kier alpha value is -2.04. The van der Waals surface area contributed by atoms with Gasteiger partial charge in [-0.2, -0.15) is 0 Å². The molecular formula is C12H15NO4. The lowest BCUT2D eigenvalue weighted by molar-refractivity contribution is -0.147. The zero-order valence-electron chi connectivity index (χ0n) is 9.97. The minimum absolute atomic E-state index is 0.0302. The second-order valence-electron chi connectivity index (χ2n) is 4.28. The van der Waals surface area contributed by atoms with Gasteiger partial charge in [0, 0.05) is 12.6 Å². The highest BCUT2D eigenvalue weighted by atomic mass is 16.4. The highest BCUT2D eigenvalue weighted by molar-refractivity contribution is 5.97. The molecule has 1 amide bonds. The molecule has 1 aromatic carbocycles. The monoisotopic (exact) mass is 237 g/mol. The number of rotatable bonds is 3. The number of benzene rings is 1. The van der Waals surface area contributed by atoms with Crippen LogP contribution >= 0.6 is 0 Å². The van der Waals surface area contributed by atoms with Crippen LogP contribution in [0.15, 0.2) is 24.3 Å². The number of aliphatic carboxylic acids is 1. The van der Waals surface area contributed by atoms with Crippen LogP contribution in [0.25, 0.3) is 0 Å². The molecule has 0 saturated heterocycles. The maximum atomic E-state index is 12.0. The number of carbonyl (C=O) groups is 2. The summed E-state index contributed by atoms with van der Waals surface area (Å²) >= 11 is 0. The molecule has 5 heteroatoms. The summed E-state index contributed by atoms with van der Waals surface area (Å²) in [5.74, 6) is -1.57. The van der Waals surface area contributed by atoms with Crippen LogP contribution in [0.4, 0.5) is 0 Å². The van der Waals surface area contributed by atoms with Crippen molar-refractivity contribution in [1.82, 2.24) is 4.90 Å². The number of phenolic OH excluding ortho intramolecular Hbond substituents is 1. The summed E-state index contributed by atoms with van der Waals surface area (Å²) in [6.07, 6.45) is 0. The Bertz CT molecular complexity index is 454. The van der Waals surface area contributed by atoms with E-state index in [4.69, 9.17) is 5.11 Å². The summed E-state index contributed by atoms with van der Waals surface area (Å²) < 4.78 is 0. The topological polar surface area (TPSA) is 77.8 Å². The SMILES string of the molecule is CN(C(=O)c1cccc(O)c1)C(C)(C)C(=O)O. The average Bonchev–Trinajstić information content (AvgIpc) is 2.26. The van der Waals surface area contributed by atoms with E-state index in [2.05, 4.69) is 0 Å². The molecule has 0 aliphatic heterocycles. The Morgan fingerprint density at radius 1 is 1.29 bits per heavy atom. The van der Waals surface area contributed by atoms with Gasteiger partial charge in [0.05, 0.1) is 0 Å². The number of carboxylic acid groups (broad SMARTS) is 1. The zero-order chi connectivity index (χ0) is 13.2. The van der Waals surface area contributed by atoms with E-state index in [-0.39, 0.29) is 11.3 Å². The number of nitrogens with zero attached hydrogens (tertiary/aromatic N) is 1. The van der Waals surface area contributed by atoms with Gasteiger partial charge in [0.25, 0.3) is 5.91 Å². The van der Waals surface area contributed by atoms with Crippen LogP contribution in [-0.4, -0.2) is 39.6 Å². The van der Waals surface area contributed by atoms with Crippen LogP contribution in [0.3, 0.4) is 0 Å². The highest BCUT2D eigenvalue weighted by Crippen LogP contribution is 2.18. The summed E-state index contributed by atoms with van der Waals surface area (Å²) in [6.45, 7) is 2.88. The van der Waals surface area contributed by atoms with E-state index in [0.29, 0.717) is 0 Å². The molecule has 0 fully saturated rings. The molecule has 0 aromatic heterocycles. The lowest BCUT2D eigenvalue weighted by atomic mass is 10.0. The second kappa shape index (κ2) is 4.45. The molecule has 5 nitrogen and oxygen atoms in total. The summed E-state index contributed by atoms with van der Waals surface area (Å²) in [7, 11) is 1.42. The Morgan fingerprint density at radius 2 is 1.88 bits per heavy atom. The molecule has 0 aliphatic carbocycles. The first kappa shape index (κ1) is 13.0. The van der Waals surface area contributed by atoms with Crippen molar-refractivity contribution in [2.45, 2.75) is 19.4 Å². The molecule has 0 atom stereocenters. The van der Waals surface area contributed by atoms with Gasteiger partial charge in [0.15, 0.2) is 0 Å². The van der Waals surface area contributed by atoms with Gasteiger partial charge in [0.1, 0.15) is 11.3 Å². The van der Waals surface area contributed by atoms with E-state index < -0.39 is 17.4 Å².